The molecule has 0 N–H and O–H groups in total. The molecule has 1 heterocycles. The second-order valence-corrected chi connectivity index (χ2v) is 12.0. The molecule has 0 bridgehead atoms. The maximum atomic E-state index is 4.82. The lowest BCUT2D eigenvalue weighted by Crippen LogP contribution is -2.10. The molecule has 1 heteroatoms. The molecule has 0 amide bonds. The van der Waals surface area contributed by atoms with Crippen molar-refractivity contribution in [2.45, 2.75) is 26.2 Å². The first-order chi connectivity index (χ1) is 19.5. The summed E-state index contributed by atoms with van der Waals surface area (Å²) in [5.41, 5.74) is 6.14. The highest BCUT2D eigenvalue weighted by Gasteiger charge is 2.21. The van der Waals surface area contributed by atoms with Crippen LogP contribution in [0.1, 0.15) is 26.3 Å². The van der Waals surface area contributed by atoms with Crippen LogP contribution >= 0.6 is 0 Å². The van der Waals surface area contributed by atoms with Crippen molar-refractivity contribution in [1.29, 1.82) is 0 Å². The summed E-state index contributed by atoms with van der Waals surface area (Å²) in [6.45, 7) is 6.88. The third-order valence-electron chi connectivity index (χ3n) is 8.58. The molecule has 0 aliphatic carbocycles. The Balaban J connectivity index is 1.57. The van der Waals surface area contributed by atoms with E-state index in [4.69, 9.17) is 4.98 Å². The van der Waals surface area contributed by atoms with Gasteiger partial charge in [0.05, 0.1) is 5.69 Å². The van der Waals surface area contributed by atoms with Crippen LogP contribution in [0.5, 0.6) is 0 Å². The number of aromatic nitrogens is 1. The lowest BCUT2D eigenvalue weighted by atomic mass is 9.81. The summed E-state index contributed by atoms with van der Waals surface area (Å²) in [5.74, 6) is 0. The Kier molecular flexibility index (Phi) is 4.85. The first-order valence-electron chi connectivity index (χ1n) is 14.1. The maximum absolute atomic E-state index is 4.82. The van der Waals surface area contributed by atoms with Crippen molar-refractivity contribution < 1.29 is 0 Å². The van der Waals surface area contributed by atoms with Gasteiger partial charge in [0.1, 0.15) is 0 Å². The van der Waals surface area contributed by atoms with Crippen LogP contribution in [0.3, 0.4) is 0 Å². The van der Waals surface area contributed by atoms with Gasteiger partial charge < -0.3 is 0 Å². The zero-order valence-corrected chi connectivity index (χ0v) is 23.0. The number of nitrogens with zero attached hydrogens (tertiary/aromatic N) is 1. The third-order valence-corrected chi connectivity index (χ3v) is 8.58. The predicted molar refractivity (Wildman–Crippen MR) is 173 cm³/mol. The van der Waals surface area contributed by atoms with Gasteiger partial charge in [-0.2, -0.15) is 0 Å². The minimum atomic E-state index is 0.0821. The van der Waals surface area contributed by atoms with Gasteiger partial charge in [-0.1, -0.05) is 112 Å². The van der Waals surface area contributed by atoms with Crippen molar-refractivity contribution in [2.75, 3.05) is 0 Å². The molecule has 1 nitrogen and oxygen atoms in total. The SMILES string of the molecule is CC(C)(C)c1cc2ccc3c(-c4ccccn4)cc(-c4cc5ccccc5c5ccccc45)c4ccc(c1)c2c34. The third kappa shape index (κ3) is 3.37. The molecule has 0 aliphatic rings. The van der Waals surface area contributed by atoms with Crippen LogP contribution in [0.2, 0.25) is 0 Å². The summed E-state index contributed by atoms with van der Waals surface area (Å²) in [7, 11) is 0. The highest BCUT2D eigenvalue weighted by atomic mass is 14.7. The summed E-state index contributed by atoms with van der Waals surface area (Å²) in [5, 5.41) is 12.9. The van der Waals surface area contributed by atoms with Gasteiger partial charge in [0.15, 0.2) is 0 Å². The molecule has 40 heavy (non-hydrogen) atoms. The second kappa shape index (κ2) is 8.37. The molecule has 0 saturated heterocycles. The molecular weight excluding hydrogens is 482 g/mol. The van der Waals surface area contributed by atoms with Crippen molar-refractivity contribution in [3.05, 3.63) is 127 Å². The Morgan fingerprint density at radius 2 is 1.07 bits per heavy atom. The molecule has 0 radical (unpaired) electrons. The molecule has 0 unspecified atom stereocenters. The Bertz CT molecular complexity index is 2210. The summed E-state index contributed by atoms with van der Waals surface area (Å²) in [4.78, 5) is 4.82. The average Bonchev–Trinajstić information content (AvgIpc) is 2.99. The number of hydrogen-bond donors (Lipinski definition) is 0. The highest BCUT2D eigenvalue weighted by Crippen LogP contribution is 2.46. The van der Waals surface area contributed by atoms with E-state index in [2.05, 4.69) is 130 Å². The minimum absolute atomic E-state index is 0.0821. The number of fused-ring (bicyclic) bond motifs is 3. The van der Waals surface area contributed by atoms with Gasteiger partial charge in [0, 0.05) is 11.8 Å². The predicted octanol–water partition coefficient (Wildman–Crippen LogP) is 10.9. The fourth-order valence-electron chi connectivity index (χ4n) is 6.58. The van der Waals surface area contributed by atoms with E-state index >= 15 is 0 Å². The molecule has 190 valence electrons. The molecule has 7 aromatic carbocycles. The molecule has 8 rings (SSSR count). The number of benzene rings is 7. The Hall–Kier alpha value is -4.75. The fourth-order valence-corrected chi connectivity index (χ4v) is 6.58. The summed E-state index contributed by atoms with van der Waals surface area (Å²) < 4.78 is 0. The van der Waals surface area contributed by atoms with E-state index in [9.17, 15) is 0 Å². The van der Waals surface area contributed by atoms with E-state index in [0.29, 0.717) is 0 Å². The molecular formula is C39H29N. The molecule has 0 saturated carbocycles. The van der Waals surface area contributed by atoms with Crippen molar-refractivity contribution in [3.8, 4) is 22.4 Å². The quantitative estimate of drug-likeness (QED) is 0.210. The number of rotatable bonds is 2. The summed E-state index contributed by atoms with van der Waals surface area (Å²) in [6, 6.07) is 42.6. The smallest absolute Gasteiger partial charge is 0.0708 e. The van der Waals surface area contributed by atoms with Gasteiger partial charge in [-0.25, -0.2) is 0 Å². The monoisotopic (exact) mass is 511 g/mol. The van der Waals surface area contributed by atoms with Crippen molar-refractivity contribution >= 4 is 53.9 Å². The summed E-state index contributed by atoms with van der Waals surface area (Å²) in [6.07, 6.45) is 1.90. The Morgan fingerprint density at radius 3 is 1.77 bits per heavy atom. The molecule has 0 spiro atoms. The highest BCUT2D eigenvalue weighted by molar-refractivity contribution is 6.29. The van der Waals surface area contributed by atoms with E-state index in [1.165, 1.54) is 76.1 Å². The molecule has 0 aliphatic heterocycles. The fraction of sp³-hybridized carbons (Fsp3) is 0.103. The van der Waals surface area contributed by atoms with Crippen LogP contribution in [0.25, 0.3) is 76.2 Å². The molecule has 1 aromatic heterocycles. The standard InChI is InChI=1S/C39H29N/c1-39(2,3)27-20-25-15-17-31-34(33-22-24-10-4-5-11-28(24)29-12-6-7-13-30(29)33)23-35(36-14-8-9-19-40-36)32-18-16-26(21-27)37(25)38(31)32/h4-23H,1-3H3. The normalized spacial score (nSPS) is 12.4. The average molecular weight is 512 g/mol. The van der Waals surface area contributed by atoms with Crippen LogP contribution < -0.4 is 0 Å². The molecule has 8 aromatic rings. The van der Waals surface area contributed by atoms with Gasteiger partial charge in [-0.05, 0) is 100 Å². The lowest BCUT2D eigenvalue weighted by molar-refractivity contribution is 0.591. The first-order valence-corrected chi connectivity index (χ1v) is 14.1. The van der Waals surface area contributed by atoms with Crippen molar-refractivity contribution in [1.82, 2.24) is 4.98 Å². The van der Waals surface area contributed by atoms with E-state index in [1.807, 2.05) is 12.3 Å². The maximum Gasteiger partial charge on any atom is 0.0708 e. The topological polar surface area (TPSA) is 12.9 Å². The largest absolute Gasteiger partial charge is 0.256 e. The van der Waals surface area contributed by atoms with Crippen LogP contribution in [0, 0.1) is 0 Å². The Morgan fingerprint density at radius 1 is 0.450 bits per heavy atom. The van der Waals surface area contributed by atoms with Crippen LogP contribution in [0.15, 0.2) is 121 Å². The molecule has 0 fully saturated rings. The summed E-state index contributed by atoms with van der Waals surface area (Å²) >= 11 is 0. The van der Waals surface area contributed by atoms with Gasteiger partial charge in [-0.3, -0.25) is 4.98 Å². The van der Waals surface area contributed by atoms with Crippen LogP contribution in [0.4, 0.5) is 0 Å². The van der Waals surface area contributed by atoms with E-state index < -0.39 is 0 Å². The lowest BCUT2D eigenvalue weighted by Gasteiger charge is -2.23. The Labute approximate surface area is 234 Å². The van der Waals surface area contributed by atoms with Gasteiger partial charge in [-0.15, -0.1) is 0 Å². The van der Waals surface area contributed by atoms with Crippen molar-refractivity contribution in [2.24, 2.45) is 0 Å². The van der Waals surface area contributed by atoms with Gasteiger partial charge in [0.2, 0.25) is 0 Å². The van der Waals surface area contributed by atoms with Crippen LogP contribution in [-0.4, -0.2) is 4.98 Å². The van der Waals surface area contributed by atoms with Crippen molar-refractivity contribution in [3.63, 3.8) is 0 Å². The van der Waals surface area contributed by atoms with E-state index in [1.54, 1.807) is 0 Å². The minimum Gasteiger partial charge on any atom is -0.256 e. The zero-order chi connectivity index (χ0) is 27.0. The van der Waals surface area contributed by atoms with E-state index in [-0.39, 0.29) is 5.41 Å². The number of pyridine rings is 1. The first kappa shape index (κ1) is 23.2. The van der Waals surface area contributed by atoms with Gasteiger partial charge in [0.25, 0.3) is 0 Å². The van der Waals surface area contributed by atoms with Gasteiger partial charge >= 0.3 is 0 Å². The van der Waals surface area contributed by atoms with Crippen LogP contribution in [-0.2, 0) is 5.41 Å². The zero-order valence-electron chi connectivity index (χ0n) is 23.0. The second-order valence-electron chi connectivity index (χ2n) is 12.0. The van der Waals surface area contributed by atoms with E-state index in [0.717, 1.165) is 5.69 Å². The number of hydrogen-bond acceptors (Lipinski definition) is 1. The molecule has 0 atom stereocenters.